The lowest BCUT2D eigenvalue weighted by Crippen LogP contribution is -2.53. The van der Waals surface area contributed by atoms with Crippen LogP contribution in [0.3, 0.4) is 0 Å². The summed E-state index contributed by atoms with van der Waals surface area (Å²) in [6, 6.07) is 17.3. The summed E-state index contributed by atoms with van der Waals surface area (Å²) < 4.78 is 26.4. The number of carbonyl (C=O) groups is 2. The predicted octanol–water partition coefficient (Wildman–Crippen LogP) is 5.45. The number of benzene rings is 3. The van der Waals surface area contributed by atoms with Crippen molar-refractivity contribution in [2.24, 2.45) is 0 Å². The highest BCUT2D eigenvalue weighted by atomic mass is 35.5. The summed E-state index contributed by atoms with van der Waals surface area (Å²) >= 11 is 25.1. The molecule has 0 saturated carbocycles. The van der Waals surface area contributed by atoms with Crippen molar-refractivity contribution in [2.45, 2.75) is 19.0 Å². The number of halogens is 4. The lowest BCUT2D eigenvalue weighted by molar-refractivity contribution is -0.139. The molecule has 3 aromatic carbocycles. The molecule has 1 atom stereocenters. The topological polar surface area (TPSA) is 86.8 Å². The summed E-state index contributed by atoms with van der Waals surface area (Å²) in [5.41, 5.74) is 1.29. The fourth-order valence-corrected chi connectivity index (χ4v) is 5.79. The van der Waals surface area contributed by atoms with E-state index in [0.717, 1.165) is 16.1 Å². The molecule has 0 aliphatic rings. The van der Waals surface area contributed by atoms with E-state index in [2.05, 4.69) is 5.32 Å². The molecule has 38 heavy (non-hydrogen) atoms. The molecular weight excluding hydrogens is 592 g/mol. The van der Waals surface area contributed by atoms with E-state index < -0.39 is 34.4 Å². The Morgan fingerprint density at radius 3 is 2.08 bits per heavy atom. The number of nitrogens with one attached hydrogen (secondary N) is 1. The summed E-state index contributed by atoms with van der Waals surface area (Å²) in [7, 11) is -2.52. The van der Waals surface area contributed by atoms with Gasteiger partial charge in [0, 0.05) is 40.6 Å². The SMILES string of the molecule is CNC(=O)[C@@H](Cc1ccccc1)N(Cc1c(Cl)cccc1Cl)C(=O)CN(c1ccc(Cl)cc1Cl)S(C)(=O)=O. The van der Waals surface area contributed by atoms with Crippen molar-refractivity contribution in [3.8, 4) is 0 Å². The van der Waals surface area contributed by atoms with Gasteiger partial charge in [0.05, 0.1) is 17.0 Å². The van der Waals surface area contributed by atoms with Crippen molar-refractivity contribution in [3.63, 3.8) is 0 Å². The minimum Gasteiger partial charge on any atom is -0.357 e. The van der Waals surface area contributed by atoms with Crippen molar-refractivity contribution in [1.29, 1.82) is 0 Å². The zero-order valence-corrected chi connectivity index (χ0v) is 24.3. The van der Waals surface area contributed by atoms with Gasteiger partial charge in [-0.3, -0.25) is 13.9 Å². The number of likely N-dealkylation sites (N-methyl/N-ethyl adjacent to an activating group) is 1. The maximum absolute atomic E-state index is 13.9. The van der Waals surface area contributed by atoms with Gasteiger partial charge < -0.3 is 10.2 Å². The van der Waals surface area contributed by atoms with E-state index in [9.17, 15) is 18.0 Å². The highest BCUT2D eigenvalue weighted by Gasteiger charge is 2.33. The molecule has 0 aliphatic heterocycles. The molecule has 2 amide bonds. The fourth-order valence-electron chi connectivity index (χ4n) is 3.85. The van der Waals surface area contributed by atoms with Crippen LogP contribution in [0.2, 0.25) is 20.1 Å². The molecule has 3 rings (SSSR count). The Kier molecular flexibility index (Phi) is 10.3. The van der Waals surface area contributed by atoms with Gasteiger partial charge >= 0.3 is 0 Å². The highest BCUT2D eigenvalue weighted by molar-refractivity contribution is 7.92. The molecular formula is C26H25Cl4N3O4S. The molecule has 0 fully saturated rings. The number of nitrogens with zero attached hydrogens (tertiary/aromatic N) is 2. The van der Waals surface area contributed by atoms with Gasteiger partial charge in [-0.15, -0.1) is 0 Å². The highest BCUT2D eigenvalue weighted by Crippen LogP contribution is 2.31. The molecule has 0 aliphatic carbocycles. The van der Waals surface area contributed by atoms with Gasteiger partial charge in [0.1, 0.15) is 12.6 Å². The van der Waals surface area contributed by atoms with E-state index in [4.69, 9.17) is 46.4 Å². The van der Waals surface area contributed by atoms with Crippen molar-refractivity contribution in [1.82, 2.24) is 10.2 Å². The summed E-state index contributed by atoms with van der Waals surface area (Å²) in [5, 5.41) is 3.54. The third-order valence-electron chi connectivity index (χ3n) is 5.77. The molecule has 0 spiro atoms. The fraction of sp³-hybridized carbons (Fsp3) is 0.231. The molecule has 0 radical (unpaired) electrons. The molecule has 0 bridgehead atoms. The standard InChI is InChI=1S/C26H25Cl4N3O4S/c1-31-26(35)24(13-17-7-4-3-5-8-17)32(15-19-20(28)9-6-10-21(19)29)25(34)16-33(38(2,36)37)23-12-11-18(27)14-22(23)30/h3-12,14,24H,13,15-16H2,1-2H3,(H,31,35)/t24-/m1/s1. The molecule has 12 heteroatoms. The number of hydrogen-bond acceptors (Lipinski definition) is 4. The molecule has 0 saturated heterocycles. The van der Waals surface area contributed by atoms with Crippen LogP contribution in [0.4, 0.5) is 5.69 Å². The van der Waals surface area contributed by atoms with Gasteiger partial charge in [-0.1, -0.05) is 82.8 Å². The quantitative estimate of drug-likeness (QED) is 0.328. The summed E-state index contributed by atoms with van der Waals surface area (Å²) in [6.45, 7) is -0.779. The second kappa shape index (κ2) is 13.0. The third-order valence-corrected chi connectivity index (χ3v) is 8.14. The first kappa shape index (κ1) is 30.1. The van der Waals surface area contributed by atoms with Crippen LogP contribution in [-0.4, -0.2) is 51.0 Å². The van der Waals surface area contributed by atoms with Gasteiger partial charge in [0.25, 0.3) is 0 Å². The van der Waals surface area contributed by atoms with Crippen LogP contribution in [0.1, 0.15) is 11.1 Å². The van der Waals surface area contributed by atoms with E-state index in [1.807, 2.05) is 30.3 Å². The van der Waals surface area contributed by atoms with Gasteiger partial charge in [0.2, 0.25) is 21.8 Å². The molecule has 1 N–H and O–H groups in total. The van der Waals surface area contributed by atoms with E-state index >= 15 is 0 Å². The maximum atomic E-state index is 13.9. The van der Waals surface area contributed by atoms with Crippen LogP contribution < -0.4 is 9.62 Å². The van der Waals surface area contributed by atoms with Crippen LogP contribution in [-0.2, 0) is 32.6 Å². The summed E-state index contributed by atoms with van der Waals surface area (Å²) in [4.78, 5) is 28.3. The molecule has 0 heterocycles. The average molecular weight is 617 g/mol. The number of amides is 2. The third kappa shape index (κ3) is 7.55. The Bertz CT molecular complexity index is 1400. The Balaban J connectivity index is 2.09. The van der Waals surface area contributed by atoms with Crippen LogP contribution in [0.15, 0.2) is 66.7 Å². The predicted molar refractivity (Wildman–Crippen MR) is 154 cm³/mol. The number of hydrogen-bond donors (Lipinski definition) is 1. The smallest absolute Gasteiger partial charge is 0.244 e. The van der Waals surface area contributed by atoms with E-state index in [0.29, 0.717) is 20.6 Å². The Hall–Kier alpha value is -2.49. The van der Waals surface area contributed by atoms with Crippen molar-refractivity contribution >= 4 is 73.9 Å². The molecule has 0 aromatic heterocycles. The first-order valence-corrected chi connectivity index (χ1v) is 14.7. The Morgan fingerprint density at radius 2 is 1.53 bits per heavy atom. The van der Waals surface area contributed by atoms with Gasteiger partial charge in [-0.05, 0) is 35.9 Å². The van der Waals surface area contributed by atoms with Crippen molar-refractivity contribution in [2.75, 3.05) is 24.2 Å². The largest absolute Gasteiger partial charge is 0.357 e. The van der Waals surface area contributed by atoms with Crippen LogP contribution in [0.5, 0.6) is 0 Å². The number of sulfonamides is 1. The normalized spacial score (nSPS) is 12.1. The average Bonchev–Trinajstić information content (AvgIpc) is 2.86. The lowest BCUT2D eigenvalue weighted by atomic mass is 10.0. The summed E-state index contributed by atoms with van der Waals surface area (Å²) in [5.74, 6) is -1.11. The first-order valence-electron chi connectivity index (χ1n) is 11.3. The molecule has 202 valence electrons. The Morgan fingerprint density at radius 1 is 0.895 bits per heavy atom. The minimum atomic E-state index is -3.98. The van der Waals surface area contributed by atoms with Crippen LogP contribution >= 0.6 is 46.4 Å². The van der Waals surface area contributed by atoms with Gasteiger partial charge in [-0.25, -0.2) is 8.42 Å². The molecule has 7 nitrogen and oxygen atoms in total. The first-order chi connectivity index (χ1) is 17.9. The maximum Gasteiger partial charge on any atom is 0.244 e. The monoisotopic (exact) mass is 615 g/mol. The van der Waals surface area contributed by atoms with E-state index in [-0.39, 0.29) is 23.7 Å². The summed E-state index contributed by atoms with van der Waals surface area (Å²) in [6.07, 6.45) is 1.12. The number of anilines is 1. The number of carbonyl (C=O) groups excluding carboxylic acids is 2. The zero-order chi connectivity index (χ0) is 28.0. The van der Waals surface area contributed by atoms with E-state index in [1.165, 1.54) is 30.1 Å². The minimum absolute atomic E-state index is 0.0450. The van der Waals surface area contributed by atoms with Gasteiger partial charge in [0.15, 0.2) is 0 Å². The second-order valence-electron chi connectivity index (χ2n) is 8.41. The molecule has 0 unspecified atom stereocenters. The van der Waals surface area contributed by atoms with Gasteiger partial charge in [-0.2, -0.15) is 0 Å². The van der Waals surface area contributed by atoms with Crippen molar-refractivity contribution < 1.29 is 18.0 Å². The lowest BCUT2D eigenvalue weighted by Gasteiger charge is -2.33. The zero-order valence-electron chi connectivity index (χ0n) is 20.5. The number of rotatable bonds is 10. The second-order valence-corrected chi connectivity index (χ2v) is 12.0. The van der Waals surface area contributed by atoms with Crippen LogP contribution in [0, 0.1) is 0 Å². The molecule has 3 aromatic rings. The van der Waals surface area contributed by atoms with Crippen LogP contribution in [0.25, 0.3) is 0 Å². The van der Waals surface area contributed by atoms with E-state index in [1.54, 1.807) is 18.2 Å². The van der Waals surface area contributed by atoms with Crippen molar-refractivity contribution in [3.05, 3.63) is 97.9 Å². The Labute approximate surface area is 242 Å².